The number of rotatable bonds is 5. The molecule has 2 aliphatic rings. The van der Waals surface area contributed by atoms with Gasteiger partial charge in [-0.05, 0) is 56.0 Å². The molecule has 0 bridgehead atoms. The predicted octanol–water partition coefficient (Wildman–Crippen LogP) is 2.58. The van der Waals surface area contributed by atoms with Gasteiger partial charge in [-0.25, -0.2) is 14.8 Å². The molecule has 1 fully saturated rings. The fourth-order valence-corrected chi connectivity index (χ4v) is 2.67. The zero-order valence-electron chi connectivity index (χ0n) is 13.9. The van der Waals surface area contributed by atoms with Crippen molar-refractivity contribution in [2.45, 2.75) is 38.0 Å². The Bertz CT molecular complexity index is 675. The first-order chi connectivity index (χ1) is 12.2. The average molecular weight is 344 g/mol. The fraction of sp³-hybridized carbons (Fsp3) is 0.444. The Hall–Kier alpha value is -2.27. The largest absolute Gasteiger partial charge is 0.437 e. The van der Waals surface area contributed by atoms with Crippen molar-refractivity contribution in [3.63, 3.8) is 0 Å². The van der Waals surface area contributed by atoms with Gasteiger partial charge in [0.15, 0.2) is 5.83 Å². The Morgan fingerprint density at radius 2 is 2.16 bits per heavy atom. The second-order valence-corrected chi connectivity index (χ2v) is 5.99. The highest BCUT2D eigenvalue weighted by Gasteiger charge is 2.20. The van der Waals surface area contributed by atoms with Gasteiger partial charge in [-0.2, -0.15) is 5.26 Å². The van der Waals surface area contributed by atoms with E-state index in [1.165, 1.54) is 6.08 Å². The van der Waals surface area contributed by atoms with Crippen LogP contribution in [0, 0.1) is 11.3 Å². The quantitative estimate of drug-likeness (QED) is 0.803. The van der Waals surface area contributed by atoms with Gasteiger partial charge in [0.1, 0.15) is 12.0 Å². The van der Waals surface area contributed by atoms with Gasteiger partial charge in [0.05, 0.1) is 17.7 Å². The molecular formula is C18H21FN4O2. The minimum absolute atomic E-state index is 0.0166. The van der Waals surface area contributed by atoms with Crippen LogP contribution >= 0.6 is 0 Å². The van der Waals surface area contributed by atoms with Crippen LogP contribution in [0.4, 0.5) is 4.39 Å². The Kier molecular flexibility index (Phi) is 6.12. The number of hydrogen-bond acceptors (Lipinski definition) is 6. The van der Waals surface area contributed by atoms with E-state index in [0.717, 1.165) is 25.9 Å². The molecular weight excluding hydrogens is 323 g/mol. The summed E-state index contributed by atoms with van der Waals surface area (Å²) in [5.74, 6) is -0.0514. The van der Waals surface area contributed by atoms with Crippen LogP contribution in [0.5, 0.6) is 5.75 Å². The minimum Gasteiger partial charge on any atom is -0.437 e. The molecule has 2 atom stereocenters. The minimum atomic E-state index is -0.468. The predicted molar refractivity (Wildman–Crippen MR) is 91.5 cm³/mol. The van der Waals surface area contributed by atoms with Crippen molar-refractivity contribution in [1.29, 1.82) is 5.26 Å². The van der Waals surface area contributed by atoms with Crippen LogP contribution in [0.2, 0.25) is 0 Å². The topological polar surface area (TPSA) is 78.7 Å². The SMILES string of the molecule is N#Cc1ccc(OC2=NC(CNNC3CCCCO3)CC=C2F)cc1. The number of benzene rings is 1. The zero-order valence-corrected chi connectivity index (χ0v) is 13.9. The van der Waals surface area contributed by atoms with Gasteiger partial charge in [0.25, 0.3) is 5.90 Å². The highest BCUT2D eigenvalue weighted by molar-refractivity contribution is 5.93. The number of nitriles is 1. The number of hydrogen-bond donors (Lipinski definition) is 2. The van der Waals surface area contributed by atoms with E-state index in [-0.39, 0.29) is 18.2 Å². The molecule has 0 radical (unpaired) electrons. The van der Waals surface area contributed by atoms with Gasteiger partial charge in [-0.3, -0.25) is 5.43 Å². The Balaban J connectivity index is 1.52. The molecule has 1 aromatic carbocycles. The van der Waals surface area contributed by atoms with Crippen molar-refractivity contribution < 1.29 is 13.9 Å². The first kappa shape index (κ1) is 17.5. The van der Waals surface area contributed by atoms with E-state index in [9.17, 15) is 4.39 Å². The van der Waals surface area contributed by atoms with Gasteiger partial charge < -0.3 is 9.47 Å². The molecule has 2 N–H and O–H groups in total. The van der Waals surface area contributed by atoms with Crippen LogP contribution in [0.3, 0.4) is 0 Å². The lowest BCUT2D eigenvalue weighted by Gasteiger charge is -2.25. The number of halogens is 1. The maximum absolute atomic E-state index is 14.0. The molecule has 0 saturated carbocycles. The summed E-state index contributed by atoms with van der Waals surface area (Å²) in [6.07, 6.45) is 5.23. The molecule has 0 amide bonds. The molecule has 2 heterocycles. The van der Waals surface area contributed by atoms with Gasteiger partial charge in [0.2, 0.25) is 0 Å². The van der Waals surface area contributed by atoms with Crippen LogP contribution < -0.4 is 15.6 Å². The second kappa shape index (κ2) is 8.72. The van der Waals surface area contributed by atoms with Crippen LogP contribution in [0.1, 0.15) is 31.2 Å². The summed E-state index contributed by atoms with van der Waals surface area (Å²) < 4.78 is 25.1. The molecule has 2 aliphatic heterocycles. The summed E-state index contributed by atoms with van der Waals surface area (Å²) >= 11 is 0. The summed E-state index contributed by atoms with van der Waals surface area (Å²) in [5, 5.41) is 8.80. The molecule has 25 heavy (non-hydrogen) atoms. The Morgan fingerprint density at radius 1 is 1.32 bits per heavy atom. The lowest BCUT2D eigenvalue weighted by molar-refractivity contribution is -0.0144. The van der Waals surface area contributed by atoms with Gasteiger partial charge in [-0.1, -0.05) is 0 Å². The first-order valence-corrected chi connectivity index (χ1v) is 8.46. The third kappa shape index (κ3) is 5.10. The maximum Gasteiger partial charge on any atom is 0.251 e. The molecule has 6 nitrogen and oxygen atoms in total. The van der Waals surface area contributed by atoms with Crippen LogP contribution in [0.15, 0.2) is 41.2 Å². The third-order valence-electron chi connectivity index (χ3n) is 4.05. The third-order valence-corrected chi connectivity index (χ3v) is 4.05. The molecule has 0 aliphatic carbocycles. The van der Waals surface area contributed by atoms with Crippen LogP contribution in [-0.4, -0.2) is 31.3 Å². The number of aliphatic imine (C=N–C) groups is 1. The molecule has 0 aromatic heterocycles. The smallest absolute Gasteiger partial charge is 0.251 e. The van der Waals surface area contributed by atoms with Gasteiger partial charge >= 0.3 is 0 Å². The summed E-state index contributed by atoms with van der Waals surface area (Å²) in [4.78, 5) is 4.33. The number of dihydropyridines is 1. The summed E-state index contributed by atoms with van der Waals surface area (Å²) in [7, 11) is 0. The van der Waals surface area contributed by atoms with E-state index in [0.29, 0.717) is 24.3 Å². The monoisotopic (exact) mass is 344 g/mol. The first-order valence-electron chi connectivity index (χ1n) is 8.46. The van der Waals surface area contributed by atoms with Crippen molar-refractivity contribution >= 4 is 5.90 Å². The molecule has 3 rings (SSSR count). The lowest BCUT2D eigenvalue weighted by atomic mass is 10.1. The van der Waals surface area contributed by atoms with Gasteiger partial charge in [0, 0.05) is 13.2 Å². The van der Waals surface area contributed by atoms with Crippen molar-refractivity contribution in [3.8, 4) is 11.8 Å². The lowest BCUT2D eigenvalue weighted by Crippen LogP contribution is -2.46. The van der Waals surface area contributed by atoms with E-state index < -0.39 is 5.83 Å². The molecule has 7 heteroatoms. The Morgan fingerprint density at radius 3 is 2.88 bits per heavy atom. The van der Waals surface area contributed by atoms with Crippen LogP contribution in [0.25, 0.3) is 0 Å². The van der Waals surface area contributed by atoms with E-state index in [1.54, 1.807) is 24.3 Å². The highest BCUT2D eigenvalue weighted by atomic mass is 19.1. The number of nitrogens with zero attached hydrogens (tertiary/aromatic N) is 2. The van der Waals surface area contributed by atoms with Crippen LogP contribution in [-0.2, 0) is 4.74 Å². The van der Waals surface area contributed by atoms with E-state index in [2.05, 4.69) is 15.8 Å². The van der Waals surface area contributed by atoms with E-state index in [4.69, 9.17) is 14.7 Å². The summed E-state index contributed by atoms with van der Waals surface area (Å²) in [5.41, 5.74) is 6.76. The summed E-state index contributed by atoms with van der Waals surface area (Å²) in [6, 6.07) is 8.39. The van der Waals surface area contributed by atoms with Crippen molar-refractivity contribution in [2.75, 3.05) is 13.2 Å². The van der Waals surface area contributed by atoms with E-state index >= 15 is 0 Å². The molecule has 2 unspecified atom stereocenters. The summed E-state index contributed by atoms with van der Waals surface area (Å²) in [6.45, 7) is 1.32. The number of hydrazine groups is 1. The second-order valence-electron chi connectivity index (χ2n) is 5.99. The van der Waals surface area contributed by atoms with Crippen molar-refractivity contribution in [3.05, 3.63) is 41.7 Å². The maximum atomic E-state index is 14.0. The van der Waals surface area contributed by atoms with Gasteiger partial charge in [-0.15, -0.1) is 0 Å². The normalized spacial score (nSPS) is 23.4. The standard InChI is InChI=1S/C18H21FN4O2/c19-16-9-6-14(12-21-23-17-3-1-2-10-24-17)22-18(16)25-15-7-4-13(11-20)5-8-15/h4-5,7-9,14,17,21,23H,1-3,6,10,12H2. The van der Waals surface area contributed by atoms with Crippen molar-refractivity contribution in [1.82, 2.24) is 10.9 Å². The molecule has 1 saturated heterocycles. The highest BCUT2D eigenvalue weighted by Crippen LogP contribution is 2.19. The number of nitrogens with one attached hydrogen (secondary N) is 2. The fourth-order valence-electron chi connectivity index (χ4n) is 2.67. The molecule has 132 valence electrons. The number of ether oxygens (including phenoxy) is 2. The molecule has 1 aromatic rings. The Labute approximate surface area is 146 Å². The average Bonchev–Trinajstić information content (AvgIpc) is 2.66. The molecule has 0 spiro atoms. The van der Waals surface area contributed by atoms with E-state index in [1.807, 2.05) is 6.07 Å². The zero-order chi connectivity index (χ0) is 17.5. The van der Waals surface area contributed by atoms with Crippen molar-refractivity contribution in [2.24, 2.45) is 4.99 Å².